The van der Waals surface area contributed by atoms with E-state index in [0.29, 0.717) is 12.0 Å². The largest absolute Gasteiger partial charge is 0.504 e. The molecule has 2 fully saturated rings. The summed E-state index contributed by atoms with van der Waals surface area (Å²) in [6, 6.07) is 0. The molecule has 4 rings (SSSR count). The number of esters is 3. The summed E-state index contributed by atoms with van der Waals surface area (Å²) in [5.41, 5.74) is -1.85. The lowest BCUT2D eigenvalue weighted by Crippen LogP contribution is -2.57. The minimum atomic E-state index is -1.35. The van der Waals surface area contributed by atoms with E-state index in [1.807, 2.05) is 0 Å². The first-order valence-electron chi connectivity index (χ1n) is 12.6. The van der Waals surface area contributed by atoms with Crippen LogP contribution in [0, 0.1) is 16.7 Å². The molecule has 11 nitrogen and oxygen atoms in total. The van der Waals surface area contributed by atoms with Crippen LogP contribution < -0.4 is 5.32 Å². The SMILES string of the molecule is CCOC(=O)CN/C=C1\C(=O)O[C@H](COC)[C@@]2(C)C1=C(O)C(=O)C1=C2[C@H](OC(C)=O)C[C@]2(C)C(=O)CC[C@@H]12. The summed E-state index contributed by atoms with van der Waals surface area (Å²) >= 11 is 0. The van der Waals surface area contributed by atoms with Crippen LogP contribution in [0.2, 0.25) is 0 Å². The van der Waals surface area contributed by atoms with Crippen molar-refractivity contribution in [2.45, 2.75) is 59.2 Å². The Balaban J connectivity index is 1.92. The van der Waals surface area contributed by atoms with Crippen LogP contribution in [-0.4, -0.2) is 73.7 Å². The Kier molecular flexibility index (Phi) is 7.26. The van der Waals surface area contributed by atoms with Gasteiger partial charge in [0.25, 0.3) is 0 Å². The molecule has 4 aliphatic rings. The molecule has 1 heterocycles. The first-order valence-corrected chi connectivity index (χ1v) is 12.6. The smallest absolute Gasteiger partial charge is 0.340 e. The number of hydrogen-bond donors (Lipinski definition) is 2. The average molecular weight is 532 g/mol. The lowest BCUT2D eigenvalue weighted by molar-refractivity contribution is -0.160. The molecule has 0 bridgehead atoms. The molecule has 0 amide bonds. The molecule has 1 saturated carbocycles. The predicted molar refractivity (Wildman–Crippen MR) is 130 cm³/mol. The molecule has 1 saturated heterocycles. The van der Waals surface area contributed by atoms with Gasteiger partial charge in [-0.3, -0.25) is 19.2 Å². The highest BCUT2D eigenvalue weighted by Crippen LogP contribution is 2.62. The predicted octanol–water partition coefficient (Wildman–Crippen LogP) is 1.61. The number of aliphatic hydroxyl groups is 1. The number of ketones is 2. The normalized spacial score (nSPS) is 33.4. The van der Waals surface area contributed by atoms with Crippen molar-refractivity contribution in [2.75, 3.05) is 26.9 Å². The number of cyclic esters (lactones) is 1. The fraction of sp³-hybridized carbons (Fsp3) is 0.593. The van der Waals surface area contributed by atoms with E-state index in [-0.39, 0.29) is 55.1 Å². The second-order valence-corrected chi connectivity index (χ2v) is 10.4. The Hall–Kier alpha value is -3.47. The third-order valence-corrected chi connectivity index (χ3v) is 8.22. The summed E-state index contributed by atoms with van der Waals surface area (Å²) in [5, 5.41) is 14.1. The molecule has 38 heavy (non-hydrogen) atoms. The van der Waals surface area contributed by atoms with Gasteiger partial charge >= 0.3 is 17.9 Å². The number of ether oxygens (including phenoxy) is 4. The van der Waals surface area contributed by atoms with Crippen molar-refractivity contribution in [2.24, 2.45) is 16.7 Å². The minimum Gasteiger partial charge on any atom is -0.504 e. The molecule has 5 atom stereocenters. The number of carbonyl (C=O) groups is 5. The summed E-state index contributed by atoms with van der Waals surface area (Å²) in [5.74, 6) is -3.92. The molecular weight excluding hydrogens is 498 g/mol. The van der Waals surface area contributed by atoms with Crippen LogP contribution in [0.5, 0.6) is 0 Å². The molecule has 0 unspecified atom stereocenters. The third-order valence-electron chi connectivity index (χ3n) is 8.22. The highest BCUT2D eigenvalue weighted by molar-refractivity contribution is 6.14. The van der Waals surface area contributed by atoms with Crippen molar-refractivity contribution in [3.63, 3.8) is 0 Å². The number of hydrogen-bond acceptors (Lipinski definition) is 11. The first-order chi connectivity index (χ1) is 17.9. The summed E-state index contributed by atoms with van der Waals surface area (Å²) in [6.07, 6.45) is 0.0528. The average Bonchev–Trinajstić information content (AvgIpc) is 3.13. The van der Waals surface area contributed by atoms with Crippen LogP contribution in [0.4, 0.5) is 0 Å². The van der Waals surface area contributed by atoms with Crippen molar-refractivity contribution in [1.82, 2.24) is 5.32 Å². The van der Waals surface area contributed by atoms with Crippen LogP contribution >= 0.6 is 0 Å². The summed E-state index contributed by atoms with van der Waals surface area (Å²) < 4.78 is 21.7. The number of rotatable bonds is 7. The number of methoxy groups -OCH3 is 1. The quantitative estimate of drug-likeness (QED) is 0.280. The second kappa shape index (κ2) is 10.0. The maximum Gasteiger partial charge on any atom is 0.340 e. The highest BCUT2D eigenvalue weighted by atomic mass is 16.6. The number of carbonyl (C=O) groups excluding carboxylic acids is 5. The molecular formula is C27H33NO10. The van der Waals surface area contributed by atoms with E-state index in [9.17, 15) is 29.1 Å². The molecule has 0 spiro atoms. The van der Waals surface area contributed by atoms with Crippen LogP contribution in [0.3, 0.4) is 0 Å². The van der Waals surface area contributed by atoms with Crippen molar-refractivity contribution in [3.05, 3.63) is 34.3 Å². The molecule has 0 radical (unpaired) electrons. The minimum absolute atomic E-state index is 0.0130. The number of allylic oxidation sites excluding steroid dienone is 1. The first kappa shape index (κ1) is 27.6. The van der Waals surface area contributed by atoms with Crippen molar-refractivity contribution >= 4 is 29.5 Å². The second-order valence-electron chi connectivity index (χ2n) is 10.4. The summed E-state index contributed by atoms with van der Waals surface area (Å²) in [7, 11) is 1.42. The standard InChI is InChI=1S/C27H33NO10/c1-6-36-19(31)11-28-10-14-21-24(33)23(32)20-15-7-8-17(30)26(15,3)9-16(37-13(2)29)22(20)27(21,4)18(12-35-5)38-25(14)34/h10,15-16,18,28,33H,6-9,11-12H2,1-5H3/b14-10-/t15-,16+,18+,26-,27-/m0/s1. The van der Waals surface area contributed by atoms with Crippen LogP contribution in [0.15, 0.2) is 34.3 Å². The van der Waals surface area contributed by atoms with E-state index in [4.69, 9.17) is 18.9 Å². The van der Waals surface area contributed by atoms with E-state index < -0.39 is 58.4 Å². The van der Waals surface area contributed by atoms with E-state index in [2.05, 4.69) is 5.32 Å². The van der Waals surface area contributed by atoms with Gasteiger partial charge in [-0.05, 0) is 25.8 Å². The molecule has 0 aromatic carbocycles. The van der Waals surface area contributed by atoms with Crippen molar-refractivity contribution in [1.29, 1.82) is 0 Å². The van der Waals surface area contributed by atoms with Crippen molar-refractivity contribution in [3.8, 4) is 0 Å². The lowest BCUT2D eigenvalue weighted by Gasteiger charge is -2.53. The zero-order valence-corrected chi connectivity index (χ0v) is 22.2. The summed E-state index contributed by atoms with van der Waals surface area (Å²) in [6.45, 7) is 6.18. The van der Waals surface area contributed by atoms with Gasteiger partial charge in [0, 0.05) is 55.6 Å². The monoisotopic (exact) mass is 531 g/mol. The number of Topliss-reactive ketones (excluding diaryl/α,β-unsaturated/α-hetero) is 2. The number of nitrogens with one attached hydrogen (secondary N) is 1. The molecule has 2 N–H and O–H groups in total. The van der Waals surface area contributed by atoms with Gasteiger partial charge < -0.3 is 29.4 Å². The van der Waals surface area contributed by atoms with E-state index in [0.717, 1.165) is 0 Å². The molecule has 206 valence electrons. The van der Waals surface area contributed by atoms with Gasteiger partial charge in [0.05, 0.1) is 24.2 Å². The zero-order valence-electron chi connectivity index (χ0n) is 22.2. The van der Waals surface area contributed by atoms with E-state index in [1.54, 1.807) is 20.8 Å². The molecule has 11 heteroatoms. The lowest BCUT2D eigenvalue weighted by atomic mass is 9.53. The van der Waals surface area contributed by atoms with Crippen LogP contribution in [0.25, 0.3) is 0 Å². The third kappa shape index (κ3) is 4.13. The van der Waals surface area contributed by atoms with Crippen LogP contribution in [-0.2, 0) is 42.9 Å². The van der Waals surface area contributed by atoms with Gasteiger partial charge in [0.1, 0.15) is 24.5 Å². The highest BCUT2D eigenvalue weighted by Gasteiger charge is 2.64. The molecule has 3 aliphatic carbocycles. The van der Waals surface area contributed by atoms with Crippen LogP contribution in [0.1, 0.15) is 47.0 Å². The van der Waals surface area contributed by atoms with Gasteiger partial charge in [0.2, 0.25) is 5.78 Å². The topological polar surface area (TPSA) is 155 Å². The Morgan fingerprint density at radius 2 is 1.95 bits per heavy atom. The molecule has 1 aliphatic heterocycles. The molecule has 0 aromatic rings. The Morgan fingerprint density at radius 3 is 2.58 bits per heavy atom. The van der Waals surface area contributed by atoms with Gasteiger partial charge in [-0.25, -0.2) is 4.79 Å². The Labute approximate surface area is 220 Å². The fourth-order valence-corrected chi connectivity index (χ4v) is 6.54. The number of fused-ring (bicyclic) bond motifs is 4. The van der Waals surface area contributed by atoms with E-state index >= 15 is 0 Å². The Morgan fingerprint density at radius 1 is 1.24 bits per heavy atom. The molecule has 0 aromatic heterocycles. The maximum absolute atomic E-state index is 13.8. The zero-order chi connectivity index (χ0) is 28.0. The van der Waals surface area contributed by atoms with E-state index in [1.165, 1.54) is 20.2 Å². The summed E-state index contributed by atoms with van der Waals surface area (Å²) in [4.78, 5) is 64.0. The van der Waals surface area contributed by atoms with Crippen molar-refractivity contribution < 1.29 is 48.0 Å². The van der Waals surface area contributed by atoms with Gasteiger partial charge in [-0.15, -0.1) is 0 Å². The Bertz CT molecular complexity index is 1200. The maximum atomic E-state index is 13.8. The number of aliphatic hydroxyl groups excluding tert-OH is 1. The van der Waals surface area contributed by atoms with Gasteiger partial charge in [-0.1, -0.05) is 6.92 Å². The van der Waals surface area contributed by atoms with Gasteiger partial charge in [0.15, 0.2) is 5.76 Å². The van der Waals surface area contributed by atoms with Gasteiger partial charge in [-0.2, -0.15) is 0 Å². The fourth-order valence-electron chi connectivity index (χ4n) is 6.54.